The summed E-state index contributed by atoms with van der Waals surface area (Å²) in [5.41, 5.74) is 3.00. The van der Waals surface area contributed by atoms with Crippen LogP contribution in [0.5, 0.6) is 11.5 Å². The van der Waals surface area contributed by atoms with Crippen molar-refractivity contribution in [3.05, 3.63) is 71.0 Å². The van der Waals surface area contributed by atoms with Gasteiger partial charge in [-0.15, -0.1) is 0 Å². The Hall–Kier alpha value is -3.39. The van der Waals surface area contributed by atoms with Crippen LogP contribution in [-0.2, 0) is 11.8 Å². The number of fused-ring (bicyclic) bond motifs is 1. The van der Waals surface area contributed by atoms with Crippen molar-refractivity contribution in [1.29, 1.82) is 0 Å². The third kappa shape index (κ3) is 4.07. The highest BCUT2D eigenvalue weighted by Gasteiger charge is 2.11. The van der Waals surface area contributed by atoms with E-state index in [2.05, 4.69) is 31.2 Å². The van der Waals surface area contributed by atoms with E-state index >= 15 is 0 Å². The van der Waals surface area contributed by atoms with Gasteiger partial charge in [0, 0.05) is 29.5 Å². The maximum atomic E-state index is 11.7. The Morgan fingerprint density at radius 1 is 1.07 bits per heavy atom. The zero-order valence-corrected chi connectivity index (χ0v) is 17.3. The third-order valence-corrected chi connectivity index (χ3v) is 4.85. The number of hydrogen-bond donors (Lipinski definition) is 1. The number of nitrogens with zero attached hydrogens (tertiary/aromatic N) is 3. The summed E-state index contributed by atoms with van der Waals surface area (Å²) >= 11 is 3.43. The van der Waals surface area contributed by atoms with Crippen molar-refractivity contribution in [3.8, 4) is 11.5 Å². The number of nitrogens with one attached hydrogen (secondary N) is 1. The zero-order valence-electron chi connectivity index (χ0n) is 15.7. The van der Waals surface area contributed by atoms with Crippen molar-refractivity contribution in [2.75, 3.05) is 12.4 Å². The van der Waals surface area contributed by atoms with Crippen molar-refractivity contribution < 1.29 is 14.3 Å². The Morgan fingerprint density at radius 2 is 1.86 bits per heavy atom. The molecule has 0 aliphatic heterocycles. The van der Waals surface area contributed by atoms with Gasteiger partial charge in [0.15, 0.2) is 0 Å². The van der Waals surface area contributed by atoms with E-state index in [0.717, 1.165) is 21.2 Å². The lowest BCUT2D eigenvalue weighted by atomic mass is 10.2. The fraction of sp³-hybridized carbons (Fsp3) is 0.0952. The highest BCUT2D eigenvalue weighted by Crippen LogP contribution is 2.28. The largest absolute Gasteiger partial charge is 0.465 e. The van der Waals surface area contributed by atoms with Crippen molar-refractivity contribution in [1.82, 2.24) is 14.5 Å². The summed E-state index contributed by atoms with van der Waals surface area (Å²) < 4.78 is 13.6. The third-order valence-electron chi connectivity index (χ3n) is 4.32. The van der Waals surface area contributed by atoms with Gasteiger partial charge in [-0.1, -0.05) is 15.9 Å². The highest BCUT2D eigenvalue weighted by atomic mass is 79.9. The molecule has 0 fully saturated rings. The van der Waals surface area contributed by atoms with E-state index in [1.54, 1.807) is 6.07 Å². The molecule has 29 heavy (non-hydrogen) atoms. The molecule has 0 unspecified atom stereocenters. The van der Waals surface area contributed by atoms with Crippen LogP contribution in [0.4, 0.5) is 11.6 Å². The molecule has 4 aromatic rings. The lowest BCUT2D eigenvalue weighted by Crippen LogP contribution is -2.01. The molecule has 0 atom stereocenters. The number of carbonyl (C=O) groups is 1. The minimum atomic E-state index is -0.466. The van der Waals surface area contributed by atoms with Crippen LogP contribution in [0.2, 0.25) is 0 Å². The molecule has 0 spiro atoms. The van der Waals surface area contributed by atoms with Crippen LogP contribution in [0.15, 0.2) is 65.4 Å². The Bertz CT molecular complexity index is 1190. The molecule has 0 aliphatic carbocycles. The number of methoxy groups -OCH3 is 1. The number of rotatable bonds is 5. The van der Waals surface area contributed by atoms with Crippen molar-refractivity contribution in [2.24, 2.45) is 7.05 Å². The number of aryl methyl sites for hydroxylation is 1. The summed E-state index contributed by atoms with van der Waals surface area (Å²) in [5, 5.41) is 3.31. The second-order valence-electron chi connectivity index (χ2n) is 6.28. The van der Waals surface area contributed by atoms with Crippen LogP contribution in [0.25, 0.3) is 11.0 Å². The molecule has 0 saturated heterocycles. The lowest BCUT2D eigenvalue weighted by Gasteiger charge is -2.07. The SMILES string of the molecule is COC(=O)c1cncc(Oc2ccc3c(c2)nc(Nc2ccc(Br)cc2)n3C)c1. The number of aromatic nitrogens is 3. The van der Waals surface area contributed by atoms with Crippen LogP contribution in [0, 0.1) is 0 Å². The summed E-state index contributed by atoms with van der Waals surface area (Å²) in [5.74, 6) is 1.28. The van der Waals surface area contributed by atoms with Crippen molar-refractivity contribution in [3.63, 3.8) is 0 Å². The van der Waals surface area contributed by atoms with Gasteiger partial charge in [0.1, 0.15) is 11.5 Å². The first kappa shape index (κ1) is 18.9. The zero-order chi connectivity index (χ0) is 20.4. The Labute approximate surface area is 175 Å². The number of carbonyl (C=O) groups excluding carboxylic acids is 1. The van der Waals surface area contributed by atoms with Gasteiger partial charge in [-0.2, -0.15) is 0 Å². The van der Waals surface area contributed by atoms with Gasteiger partial charge in [-0.25, -0.2) is 9.78 Å². The highest BCUT2D eigenvalue weighted by molar-refractivity contribution is 9.10. The average molecular weight is 453 g/mol. The van der Waals surface area contributed by atoms with Gasteiger partial charge in [-0.3, -0.25) is 4.98 Å². The van der Waals surface area contributed by atoms with E-state index in [4.69, 9.17) is 9.47 Å². The normalized spacial score (nSPS) is 10.7. The lowest BCUT2D eigenvalue weighted by molar-refractivity contribution is 0.0600. The maximum Gasteiger partial charge on any atom is 0.339 e. The van der Waals surface area contributed by atoms with E-state index in [1.807, 2.05) is 54.1 Å². The number of hydrogen-bond acceptors (Lipinski definition) is 6. The molecule has 2 aromatic heterocycles. The number of benzene rings is 2. The Morgan fingerprint density at radius 3 is 2.62 bits per heavy atom. The predicted octanol–water partition coefficient (Wildman–Crippen LogP) is 5.05. The van der Waals surface area contributed by atoms with Gasteiger partial charge in [0.05, 0.1) is 29.9 Å². The number of pyridine rings is 1. The van der Waals surface area contributed by atoms with Gasteiger partial charge in [0.25, 0.3) is 0 Å². The second-order valence-corrected chi connectivity index (χ2v) is 7.20. The molecule has 0 aliphatic rings. The molecule has 2 heterocycles. The number of halogens is 1. The molecular formula is C21H17BrN4O3. The van der Waals surface area contributed by atoms with E-state index in [1.165, 1.54) is 19.5 Å². The summed E-state index contributed by atoms with van der Waals surface area (Å²) in [7, 11) is 3.27. The number of esters is 1. The molecule has 8 heteroatoms. The van der Waals surface area contributed by atoms with Gasteiger partial charge >= 0.3 is 5.97 Å². The van der Waals surface area contributed by atoms with Crippen LogP contribution in [0.1, 0.15) is 10.4 Å². The molecule has 4 rings (SSSR count). The molecule has 146 valence electrons. The van der Waals surface area contributed by atoms with Gasteiger partial charge in [-0.05, 0) is 42.5 Å². The fourth-order valence-corrected chi connectivity index (χ4v) is 3.12. The smallest absolute Gasteiger partial charge is 0.339 e. The van der Waals surface area contributed by atoms with E-state index < -0.39 is 5.97 Å². The minimum Gasteiger partial charge on any atom is -0.465 e. The first-order valence-corrected chi connectivity index (χ1v) is 9.53. The van der Waals surface area contributed by atoms with E-state index in [0.29, 0.717) is 23.0 Å². The predicted molar refractivity (Wildman–Crippen MR) is 114 cm³/mol. The molecule has 1 N–H and O–H groups in total. The maximum absolute atomic E-state index is 11.7. The monoisotopic (exact) mass is 452 g/mol. The number of imidazole rings is 1. The first-order chi connectivity index (χ1) is 14.0. The number of ether oxygens (including phenoxy) is 2. The van der Waals surface area contributed by atoms with Gasteiger partial charge in [0.2, 0.25) is 5.95 Å². The standard InChI is InChI=1S/C21H17BrN4O3/c1-26-19-8-7-16(29-17-9-13(11-23-12-17)20(27)28-2)10-18(19)25-21(26)24-15-5-3-14(22)4-6-15/h3-12H,1-2H3,(H,24,25). The summed E-state index contributed by atoms with van der Waals surface area (Å²) in [6, 6.07) is 15.1. The quantitative estimate of drug-likeness (QED) is 0.426. The topological polar surface area (TPSA) is 78.3 Å². The van der Waals surface area contributed by atoms with Crippen LogP contribution in [-0.4, -0.2) is 27.6 Å². The molecule has 0 radical (unpaired) electrons. The Kier molecular flexibility index (Phi) is 5.18. The Balaban J connectivity index is 1.59. The molecule has 0 amide bonds. The molecular weight excluding hydrogens is 436 g/mol. The molecule has 0 bridgehead atoms. The summed E-state index contributed by atoms with van der Waals surface area (Å²) in [4.78, 5) is 20.3. The summed E-state index contributed by atoms with van der Waals surface area (Å²) in [6.45, 7) is 0. The first-order valence-electron chi connectivity index (χ1n) is 8.74. The van der Waals surface area contributed by atoms with Crippen LogP contribution in [0.3, 0.4) is 0 Å². The van der Waals surface area contributed by atoms with Crippen LogP contribution < -0.4 is 10.1 Å². The van der Waals surface area contributed by atoms with Crippen molar-refractivity contribution in [2.45, 2.75) is 0 Å². The minimum absolute atomic E-state index is 0.324. The molecule has 0 saturated carbocycles. The van der Waals surface area contributed by atoms with Gasteiger partial charge < -0.3 is 19.4 Å². The number of anilines is 2. The van der Waals surface area contributed by atoms with Crippen LogP contribution >= 0.6 is 15.9 Å². The van der Waals surface area contributed by atoms with E-state index in [9.17, 15) is 4.79 Å². The summed E-state index contributed by atoms with van der Waals surface area (Å²) in [6.07, 6.45) is 2.97. The average Bonchev–Trinajstić information content (AvgIpc) is 3.04. The van der Waals surface area contributed by atoms with Crippen molar-refractivity contribution >= 4 is 44.6 Å². The molecule has 7 nitrogen and oxygen atoms in total. The fourth-order valence-electron chi connectivity index (χ4n) is 2.86. The van der Waals surface area contributed by atoms with E-state index in [-0.39, 0.29) is 0 Å². The molecule has 2 aromatic carbocycles. The second kappa shape index (κ2) is 7.92.